The van der Waals surface area contributed by atoms with Gasteiger partial charge in [-0.05, 0) is 24.3 Å². The van der Waals surface area contributed by atoms with Crippen molar-refractivity contribution < 1.29 is 4.74 Å². The number of hydrogen-bond acceptors (Lipinski definition) is 1. The van der Waals surface area contributed by atoms with Crippen LogP contribution in [0.4, 0.5) is 0 Å². The highest BCUT2D eigenvalue weighted by molar-refractivity contribution is 5.19. The van der Waals surface area contributed by atoms with Crippen LogP contribution in [0.5, 0.6) is 0 Å². The monoisotopic (exact) mass is 152 g/mol. The van der Waals surface area contributed by atoms with Crippen molar-refractivity contribution in [3.63, 3.8) is 0 Å². The van der Waals surface area contributed by atoms with Crippen LogP contribution in [-0.4, -0.2) is 6.61 Å². The van der Waals surface area contributed by atoms with E-state index in [9.17, 15) is 0 Å². The Morgan fingerprint density at radius 2 is 2.18 bits per heavy atom. The minimum Gasteiger partial charge on any atom is -0.497 e. The molecule has 1 aliphatic heterocycles. The predicted octanol–water partition coefficient (Wildman–Crippen LogP) is 2.73. The van der Waals surface area contributed by atoms with E-state index in [0.29, 0.717) is 5.92 Å². The standard InChI is InChI=1S/C10H16O/c1-7-3-4-9-8(2)6-11-10(9)5-7/h7-8H,3-6H2,1-2H3/t7-,8?/m1/s1. The Labute approximate surface area is 68.4 Å². The van der Waals surface area contributed by atoms with Crippen molar-refractivity contribution in [3.8, 4) is 0 Å². The van der Waals surface area contributed by atoms with Crippen molar-refractivity contribution in [2.45, 2.75) is 33.1 Å². The van der Waals surface area contributed by atoms with Gasteiger partial charge in [-0.15, -0.1) is 0 Å². The van der Waals surface area contributed by atoms with Gasteiger partial charge in [0, 0.05) is 12.3 Å². The third-order valence-corrected chi connectivity index (χ3v) is 2.90. The summed E-state index contributed by atoms with van der Waals surface area (Å²) in [6.07, 6.45) is 3.85. The Morgan fingerprint density at radius 3 is 3.00 bits per heavy atom. The van der Waals surface area contributed by atoms with E-state index >= 15 is 0 Å². The van der Waals surface area contributed by atoms with Crippen LogP contribution in [0.2, 0.25) is 0 Å². The lowest BCUT2D eigenvalue weighted by Gasteiger charge is -2.19. The normalized spacial score (nSPS) is 36.9. The molecule has 11 heavy (non-hydrogen) atoms. The molecule has 2 rings (SSSR count). The maximum atomic E-state index is 5.62. The van der Waals surface area contributed by atoms with Crippen molar-refractivity contribution in [3.05, 3.63) is 11.3 Å². The van der Waals surface area contributed by atoms with Crippen molar-refractivity contribution >= 4 is 0 Å². The molecule has 2 atom stereocenters. The summed E-state index contributed by atoms with van der Waals surface area (Å²) in [7, 11) is 0. The molecule has 0 saturated carbocycles. The first kappa shape index (κ1) is 7.20. The van der Waals surface area contributed by atoms with Gasteiger partial charge in [-0.1, -0.05) is 13.8 Å². The maximum absolute atomic E-state index is 5.62. The lowest BCUT2D eigenvalue weighted by molar-refractivity contribution is 0.205. The van der Waals surface area contributed by atoms with Crippen LogP contribution in [0.15, 0.2) is 11.3 Å². The molecular formula is C10H16O. The summed E-state index contributed by atoms with van der Waals surface area (Å²) in [4.78, 5) is 0. The Bertz CT molecular complexity index is 193. The average Bonchev–Trinajstić information content (AvgIpc) is 2.32. The second-order valence-corrected chi connectivity index (χ2v) is 4.01. The molecule has 0 bridgehead atoms. The fourth-order valence-electron chi connectivity index (χ4n) is 2.09. The Hall–Kier alpha value is -0.460. The molecular weight excluding hydrogens is 136 g/mol. The van der Waals surface area contributed by atoms with E-state index < -0.39 is 0 Å². The fourth-order valence-corrected chi connectivity index (χ4v) is 2.09. The average molecular weight is 152 g/mol. The molecule has 0 amide bonds. The van der Waals surface area contributed by atoms with Crippen LogP contribution in [0.3, 0.4) is 0 Å². The van der Waals surface area contributed by atoms with Crippen LogP contribution in [0, 0.1) is 11.8 Å². The highest BCUT2D eigenvalue weighted by atomic mass is 16.5. The molecule has 0 N–H and O–H groups in total. The van der Waals surface area contributed by atoms with Gasteiger partial charge in [-0.3, -0.25) is 0 Å². The summed E-state index contributed by atoms with van der Waals surface area (Å²) in [5.41, 5.74) is 1.61. The third kappa shape index (κ3) is 1.17. The molecule has 0 aromatic rings. The highest BCUT2D eigenvalue weighted by Gasteiger charge is 2.28. The Balaban J connectivity index is 2.17. The smallest absolute Gasteiger partial charge is 0.0958 e. The lowest BCUT2D eigenvalue weighted by Crippen LogP contribution is -2.06. The van der Waals surface area contributed by atoms with Gasteiger partial charge in [-0.2, -0.15) is 0 Å². The maximum Gasteiger partial charge on any atom is 0.0958 e. The molecule has 0 fully saturated rings. The van der Waals surface area contributed by atoms with Crippen LogP contribution in [-0.2, 0) is 4.74 Å². The minimum absolute atomic E-state index is 0.706. The molecule has 0 aromatic carbocycles. The highest BCUT2D eigenvalue weighted by Crippen LogP contribution is 2.38. The predicted molar refractivity (Wildman–Crippen MR) is 45.2 cm³/mol. The van der Waals surface area contributed by atoms with Gasteiger partial charge in [0.2, 0.25) is 0 Å². The first-order valence-electron chi connectivity index (χ1n) is 4.62. The molecule has 1 unspecified atom stereocenters. The zero-order valence-corrected chi connectivity index (χ0v) is 7.39. The van der Waals surface area contributed by atoms with Gasteiger partial charge in [0.15, 0.2) is 0 Å². The molecule has 1 heteroatoms. The van der Waals surface area contributed by atoms with Gasteiger partial charge in [-0.25, -0.2) is 0 Å². The van der Waals surface area contributed by atoms with Crippen molar-refractivity contribution in [1.29, 1.82) is 0 Å². The molecule has 0 radical (unpaired) electrons. The molecule has 1 heterocycles. The van der Waals surface area contributed by atoms with Crippen molar-refractivity contribution in [2.75, 3.05) is 6.61 Å². The Kier molecular flexibility index (Phi) is 1.67. The topological polar surface area (TPSA) is 9.23 Å². The van der Waals surface area contributed by atoms with Crippen LogP contribution < -0.4 is 0 Å². The SMILES string of the molecule is CC1COC2=C1CC[C@@H](C)C2. The van der Waals surface area contributed by atoms with E-state index in [1.165, 1.54) is 25.0 Å². The van der Waals surface area contributed by atoms with Gasteiger partial charge >= 0.3 is 0 Å². The summed E-state index contributed by atoms with van der Waals surface area (Å²) in [5, 5.41) is 0. The lowest BCUT2D eigenvalue weighted by atomic mass is 9.86. The van der Waals surface area contributed by atoms with Gasteiger partial charge < -0.3 is 4.74 Å². The quantitative estimate of drug-likeness (QED) is 0.518. The fraction of sp³-hybridized carbons (Fsp3) is 0.800. The first-order valence-corrected chi connectivity index (χ1v) is 4.62. The summed E-state index contributed by atoms with van der Waals surface area (Å²) in [6, 6.07) is 0. The van der Waals surface area contributed by atoms with Crippen LogP contribution >= 0.6 is 0 Å². The zero-order valence-electron chi connectivity index (χ0n) is 7.39. The molecule has 2 aliphatic rings. The number of rotatable bonds is 0. The summed E-state index contributed by atoms with van der Waals surface area (Å²) < 4.78 is 5.62. The molecule has 1 aliphatic carbocycles. The third-order valence-electron chi connectivity index (χ3n) is 2.90. The van der Waals surface area contributed by atoms with Crippen molar-refractivity contribution in [1.82, 2.24) is 0 Å². The number of ether oxygens (including phenoxy) is 1. The first-order chi connectivity index (χ1) is 5.27. The second-order valence-electron chi connectivity index (χ2n) is 4.01. The van der Waals surface area contributed by atoms with E-state index in [2.05, 4.69) is 13.8 Å². The van der Waals surface area contributed by atoms with Gasteiger partial charge in [0.05, 0.1) is 12.4 Å². The summed E-state index contributed by atoms with van der Waals surface area (Å²) >= 11 is 0. The number of allylic oxidation sites excluding steroid dienone is 1. The second kappa shape index (κ2) is 2.54. The number of hydrogen-bond donors (Lipinski definition) is 0. The van der Waals surface area contributed by atoms with E-state index in [1.54, 1.807) is 5.57 Å². The van der Waals surface area contributed by atoms with E-state index in [-0.39, 0.29) is 0 Å². The zero-order chi connectivity index (χ0) is 7.84. The van der Waals surface area contributed by atoms with Crippen LogP contribution in [0.25, 0.3) is 0 Å². The molecule has 62 valence electrons. The van der Waals surface area contributed by atoms with Crippen LogP contribution in [0.1, 0.15) is 33.1 Å². The molecule has 0 spiro atoms. The molecule has 0 aromatic heterocycles. The molecule has 1 nitrogen and oxygen atoms in total. The summed E-state index contributed by atoms with van der Waals surface area (Å²) in [5.74, 6) is 2.88. The van der Waals surface area contributed by atoms with Gasteiger partial charge in [0.25, 0.3) is 0 Å². The van der Waals surface area contributed by atoms with E-state index in [0.717, 1.165) is 12.5 Å². The summed E-state index contributed by atoms with van der Waals surface area (Å²) in [6.45, 7) is 5.53. The largest absolute Gasteiger partial charge is 0.497 e. The van der Waals surface area contributed by atoms with Gasteiger partial charge in [0.1, 0.15) is 0 Å². The van der Waals surface area contributed by atoms with E-state index in [1.807, 2.05) is 0 Å². The molecule has 0 saturated heterocycles. The Morgan fingerprint density at radius 1 is 1.36 bits per heavy atom. The van der Waals surface area contributed by atoms with Crippen molar-refractivity contribution in [2.24, 2.45) is 11.8 Å². The minimum atomic E-state index is 0.706. The van der Waals surface area contributed by atoms with E-state index in [4.69, 9.17) is 4.74 Å².